The first-order valence-electron chi connectivity index (χ1n) is 11.8. The quantitative estimate of drug-likeness (QED) is 0.408. The molecule has 1 atom stereocenters. The van der Waals surface area contributed by atoms with E-state index in [2.05, 4.69) is 19.7 Å². The molecule has 6 rings (SSSR count). The third-order valence-electron chi connectivity index (χ3n) is 6.59. The van der Waals surface area contributed by atoms with Crippen LogP contribution in [0.15, 0.2) is 71.8 Å². The Hall–Kier alpha value is -4.31. The van der Waals surface area contributed by atoms with Gasteiger partial charge in [-0.15, -0.1) is 0 Å². The topological polar surface area (TPSA) is 114 Å². The number of nitrogens with one attached hydrogen (secondary N) is 1. The first kappa shape index (κ1) is 23.1. The summed E-state index contributed by atoms with van der Waals surface area (Å²) in [4.78, 5) is 28.5. The van der Waals surface area contributed by atoms with Crippen molar-refractivity contribution in [3.63, 3.8) is 0 Å². The van der Waals surface area contributed by atoms with Crippen LogP contribution in [0.2, 0.25) is 0 Å². The zero-order chi connectivity index (χ0) is 25.7. The zero-order valence-corrected chi connectivity index (χ0v) is 21.0. The molecule has 186 valence electrons. The van der Waals surface area contributed by atoms with Gasteiger partial charge in [0.2, 0.25) is 11.8 Å². The summed E-state index contributed by atoms with van der Waals surface area (Å²) in [5.41, 5.74) is 5.16. The lowest BCUT2D eigenvalue weighted by Crippen LogP contribution is -2.40. The maximum Gasteiger partial charge on any atom is 0.264 e. The molecule has 0 saturated heterocycles. The van der Waals surface area contributed by atoms with Crippen LogP contribution in [-0.4, -0.2) is 40.7 Å². The number of rotatable bonds is 1. The highest BCUT2D eigenvalue weighted by molar-refractivity contribution is 7.92. The van der Waals surface area contributed by atoms with Crippen LogP contribution >= 0.6 is 0 Å². The van der Waals surface area contributed by atoms with Crippen LogP contribution in [-0.2, 0) is 16.6 Å². The second kappa shape index (κ2) is 8.67. The lowest BCUT2D eigenvalue weighted by Gasteiger charge is -2.33. The van der Waals surface area contributed by atoms with Crippen LogP contribution in [0.4, 0.5) is 5.95 Å². The Bertz CT molecular complexity index is 1650. The average molecular weight is 514 g/mol. The van der Waals surface area contributed by atoms with Crippen molar-refractivity contribution in [1.29, 1.82) is 0 Å². The van der Waals surface area contributed by atoms with Crippen LogP contribution in [0.3, 0.4) is 0 Å². The van der Waals surface area contributed by atoms with E-state index in [1.54, 1.807) is 29.3 Å². The molecule has 1 N–H and O–H groups in total. The third kappa shape index (κ3) is 4.19. The number of fused-ring (bicyclic) bond motifs is 8. The van der Waals surface area contributed by atoms with Crippen molar-refractivity contribution in [2.45, 2.75) is 31.4 Å². The summed E-state index contributed by atoms with van der Waals surface area (Å²) >= 11 is 0. The van der Waals surface area contributed by atoms with Gasteiger partial charge in [0.15, 0.2) is 6.10 Å². The molecular weight excluding hydrogens is 490 g/mol. The Morgan fingerprint density at radius 2 is 1.78 bits per heavy atom. The van der Waals surface area contributed by atoms with E-state index < -0.39 is 16.1 Å². The van der Waals surface area contributed by atoms with E-state index in [0.29, 0.717) is 17.9 Å². The molecule has 1 unspecified atom stereocenters. The minimum absolute atomic E-state index is 0.0585. The van der Waals surface area contributed by atoms with Gasteiger partial charge < -0.3 is 9.64 Å². The molecule has 10 heteroatoms. The van der Waals surface area contributed by atoms with E-state index in [1.165, 1.54) is 12.1 Å². The molecule has 0 spiro atoms. The molecule has 2 aliphatic heterocycles. The van der Waals surface area contributed by atoms with Crippen molar-refractivity contribution in [2.75, 3.05) is 11.3 Å². The molecule has 2 aliphatic rings. The van der Waals surface area contributed by atoms with Crippen molar-refractivity contribution in [1.82, 2.24) is 19.9 Å². The van der Waals surface area contributed by atoms with Crippen LogP contribution in [0.25, 0.3) is 11.3 Å². The monoisotopic (exact) mass is 513 g/mol. The molecular formula is C27H23N5O4S. The third-order valence-corrected chi connectivity index (χ3v) is 7.91. The standard InChI is InChI=1S/C27H23N5O4S/c1-16-6-3-7-17(2)24(16)21-13-23-30-27(29-21)31-37(34,35)20-10-4-8-18(12-20)26(33)32-14-19-9-5-11-28-25(19)22(15-32)36-23/h3-13,22H,14-15H2,1-2H3,(H,29,30,31). The maximum atomic E-state index is 13.5. The van der Waals surface area contributed by atoms with Gasteiger partial charge in [-0.2, -0.15) is 4.98 Å². The number of hydrogen-bond acceptors (Lipinski definition) is 7. The summed E-state index contributed by atoms with van der Waals surface area (Å²) in [6.07, 6.45) is 1.08. The SMILES string of the molecule is Cc1cccc(C)c1-c1cc2nc(n1)NS(=O)(=O)c1cccc(c1)C(=O)N1Cc3cccnc3C(C1)O2. The minimum Gasteiger partial charge on any atom is -0.466 e. The fourth-order valence-corrected chi connectivity index (χ4v) is 5.85. The molecule has 4 heterocycles. The fraction of sp³-hybridized carbons (Fsp3) is 0.185. The van der Waals surface area contributed by atoms with E-state index >= 15 is 0 Å². The van der Waals surface area contributed by atoms with Gasteiger partial charge in [0.05, 0.1) is 22.8 Å². The molecule has 6 bridgehead atoms. The largest absolute Gasteiger partial charge is 0.466 e. The molecule has 0 radical (unpaired) electrons. The number of ether oxygens (including phenoxy) is 1. The van der Waals surface area contributed by atoms with E-state index in [4.69, 9.17) is 4.74 Å². The molecule has 2 aromatic carbocycles. The van der Waals surface area contributed by atoms with Crippen molar-refractivity contribution >= 4 is 21.9 Å². The van der Waals surface area contributed by atoms with E-state index in [9.17, 15) is 13.2 Å². The smallest absolute Gasteiger partial charge is 0.264 e. The number of nitrogens with zero attached hydrogens (tertiary/aromatic N) is 4. The van der Waals surface area contributed by atoms with Crippen LogP contribution in [0.5, 0.6) is 5.88 Å². The molecule has 9 nitrogen and oxygen atoms in total. The minimum atomic E-state index is -4.09. The van der Waals surface area contributed by atoms with Gasteiger partial charge in [0.1, 0.15) is 0 Å². The van der Waals surface area contributed by atoms with E-state index in [0.717, 1.165) is 22.3 Å². The average Bonchev–Trinajstić information content (AvgIpc) is 2.87. The Morgan fingerprint density at radius 1 is 1.00 bits per heavy atom. The van der Waals surface area contributed by atoms with Gasteiger partial charge in [-0.3, -0.25) is 9.78 Å². The summed E-state index contributed by atoms with van der Waals surface area (Å²) in [5, 5.41) is 0. The van der Waals surface area contributed by atoms with Crippen molar-refractivity contribution < 1.29 is 17.9 Å². The summed E-state index contributed by atoms with van der Waals surface area (Å²) in [6, 6.07) is 17.3. The van der Waals surface area contributed by atoms with Crippen LogP contribution in [0.1, 0.15) is 38.8 Å². The van der Waals surface area contributed by atoms with Crippen LogP contribution in [0, 0.1) is 13.8 Å². The summed E-state index contributed by atoms with van der Waals surface area (Å²) in [6.45, 7) is 4.49. The number of aromatic nitrogens is 3. The number of carbonyl (C=O) groups excluding carboxylic acids is 1. The highest BCUT2D eigenvalue weighted by atomic mass is 32.2. The molecule has 2 aromatic heterocycles. The number of hydrogen-bond donors (Lipinski definition) is 1. The molecule has 4 aromatic rings. The van der Waals surface area contributed by atoms with Gasteiger partial charge in [-0.05, 0) is 54.8 Å². The Morgan fingerprint density at radius 3 is 2.59 bits per heavy atom. The zero-order valence-electron chi connectivity index (χ0n) is 20.2. The number of sulfonamides is 1. The fourth-order valence-electron chi connectivity index (χ4n) is 4.86. The Balaban J connectivity index is 1.57. The van der Waals surface area contributed by atoms with Crippen molar-refractivity contribution in [3.8, 4) is 17.1 Å². The highest BCUT2D eigenvalue weighted by Crippen LogP contribution is 2.34. The number of anilines is 1. The second-order valence-electron chi connectivity index (χ2n) is 9.16. The predicted molar refractivity (Wildman–Crippen MR) is 137 cm³/mol. The Kier molecular flexibility index (Phi) is 5.41. The number of benzene rings is 2. The number of aryl methyl sites for hydroxylation is 2. The number of amides is 1. The van der Waals surface area contributed by atoms with Crippen molar-refractivity contribution in [3.05, 3.63) is 94.8 Å². The van der Waals surface area contributed by atoms with Crippen molar-refractivity contribution in [2.24, 2.45) is 0 Å². The lowest BCUT2D eigenvalue weighted by atomic mass is 10.00. The van der Waals surface area contributed by atoms with Gasteiger partial charge >= 0.3 is 0 Å². The normalized spacial score (nSPS) is 17.8. The van der Waals surface area contributed by atoms with Crippen LogP contribution < -0.4 is 9.46 Å². The van der Waals surface area contributed by atoms with Gasteiger partial charge in [0, 0.05) is 29.9 Å². The van der Waals surface area contributed by atoms with E-state index in [-0.39, 0.29) is 34.7 Å². The molecule has 1 amide bonds. The maximum absolute atomic E-state index is 13.5. The van der Waals surface area contributed by atoms with E-state index in [1.807, 2.05) is 44.2 Å². The number of carbonyl (C=O) groups is 1. The lowest BCUT2D eigenvalue weighted by molar-refractivity contribution is 0.0580. The predicted octanol–water partition coefficient (Wildman–Crippen LogP) is 4.05. The summed E-state index contributed by atoms with van der Waals surface area (Å²) in [7, 11) is -4.09. The molecule has 0 aliphatic carbocycles. The highest BCUT2D eigenvalue weighted by Gasteiger charge is 2.33. The van der Waals surface area contributed by atoms with Gasteiger partial charge in [-0.1, -0.05) is 30.3 Å². The first-order chi connectivity index (χ1) is 17.8. The van der Waals surface area contributed by atoms with Gasteiger partial charge in [0.25, 0.3) is 15.9 Å². The number of pyridine rings is 1. The first-order valence-corrected chi connectivity index (χ1v) is 13.2. The second-order valence-corrected chi connectivity index (χ2v) is 10.8. The molecule has 37 heavy (non-hydrogen) atoms. The molecule has 0 saturated carbocycles. The molecule has 0 fully saturated rings. The van der Waals surface area contributed by atoms with Gasteiger partial charge in [-0.25, -0.2) is 18.1 Å². The Labute approximate surface area is 214 Å². The summed E-state index contributed by atoms with van der Waals surface area (Å²) < 4.78 is 35.4. The summed E-state index contributed by atoms with van der Waals surface area (Å²) in [5.74, 6) is -0.249.